The third-order valence-corrected chi connectivity index (χ3v) is 6.57. The van der Waals surface area contributed by atoms with Gasteiger partial charge in [-0.25, -0.2) is 0 Å². The average molecular weight is 475 g/mol. The average Bonchev–Trinajstić information content (AvgIpc) is 3.46. The number of ether oxygens (including phenoxy) is 4. The number of methoxy groups -OCH3 is 2. The third kappa shape index (κ3) is 4.12. The number of nitrogens with zero attached hydrogens (tertiary/aromatic N) is 1. The molecule has 2 aliphatic heterocycles. The number of hydrogen-bond acceptors (Lipinski definition) is 6. The van der Waals surface area contributed by atoms with Crippen molar-refractivity contribution in [1.29, 1.82) is 0 Å². The van der Waals surface area contributed by atoms with Crippen LogP contribution in [0.1, 0.15) is 28.7 Å². The van der Waals surface area contributed by atoms with Crippen LogP contribution in [0.4, 0.5) is 0 Å². The maximum atomic E-state index is 13.9. The van der Waals surface area contributed by atoms with E-state index in [1.165, 1.54) is 0 Å². The second-order valence-electron chi connectivity index (χ2n) is 8.49. The van der Waals surface area contributed by atoms with Gasteiger partial charge in [-0.15, -0.1) is 0 Å². The van der Waals surface area contributed by atoms with E-state index < -0.39 is 23.8 Å². The molecular weight excluding hydrogens is 450 g/mol. The third-order valence-electron chi connectivity index (χ3n) is 6.57. The number of carbonyl (C=O) groups excluding carboxylic acids is 1. The van der Waals surface area contributed by atoms with E-state index >= 15 is 0 Å². The lowest BCUT2D eigenvalue weighted by Crippen LogP contribution is -2.30. The smallest absolute Gasteiger partial charge is 0.310 e. The Kier molecular flexibility index (Phi) is 5.94. The Morgan fingerprint density at radius 3 is 2.37 bits per heavy atom. The second-order valence-corrected chi connectivity index (χ2v) is 8.49. The minimum atomic E-state index is -1.05. The number of aliphatic carboxylic acids is 1. The maximum absolute atomic E-state index is 13.9. The van der Waals surface area contributed by atoms with Crippen LogP contribution < -0.4 is 18.9 Å². The second kappa shape index (κ2) is 9.21. The molecule has 2 aliphatic rings. The van der Waals surface area contributed by atoms with Gasteiger partial charge >= 0.3 is 5.97 Å². The molecule has 8 heteroatoms. The number of benzene rings is 3. The minimum Gasteiger partial charge on any atom is -0.497 e. The summed E-state index contributed by atoms with van der Waals surface area (Å²) in [5, 5.41) is 10.4. The summed E-state index contributed by atoms with van der Waals surface area (Å²) in [6, 6.07) is 19.1. The van der Waals surface area contributed by atoms with Gasteiger partial charge in [0.15, 0.2) is 11.5 Å². The van der Waals surface area contributed by atoms with Crippen LogP contribution in [-0.4, -0.2) is 42.9 Å². The molecule has 0 spiro atoms. The van der Waals surface area contributed by atoms with Crippen LogP contribution in [0.3, 0.4) is 0 Å². The van der Waals surface area contributed by atoms with E-state index in [0.717, 1.165) is 11.1 Å². The summed E-state index contributed by atoms with van der Waals surface area (Å²) in [5.74, 6) is -0.817. The van der Waals surface area contributed by atoms with Crippen molar-refractivity contribution in [3.8, 4) is 23.0 Å². The SMILES string of the molecule is COc1ccc([C@@H]2[C@@H](C(=O)O)C(c3ccc4c(c3)OCO4)C(=O)N2Cc2cccc(OC)c2)cc1. The fraction of sp³-hybridized carbons (Fsp3) is 0.259. The van der Waals surface area contributed by atoms with Crippen LogP contribution in [0, 0.1) is 5.92 Å². The van der Waals surface area contributed by atoms with Crippen LogP contribution in [0.2, 0.25) is 0 Å². The molecule has 1 N–H and O–H groups in total. The van der Waals surface area contributed by atoms with E-state index in [0.29, 0.717) is 28.6 Å². The number of fused-ring (bicyclic) bond motifs is 1. The highest BCUT2D eigenvalue weighted by atomic mass is 16.7. The number of hydrogen-bond donors (Lipinski definition) is 1. The van der Waals surface area contributed by atoms with Gasteiger partial charge in [-0.05, 0) is 53.1 Å². The number of carboxylic acid groups (broad SMARTS) is 1. The standard InChI is InChI=1S/C27H25NO7/c1-32-19-9-6-17(7-10-19)25-24(27(30)31)23(18-8-11-21-22(13-18)35-15-34-21)26(29)28(25)14-16-4-3-5-20(12-16)33-2/h3-13,23-25H,14-15H2,1-2H3,(H,30,31)/t23?,24-,25+/m0/s1. The molecule has 8 nitrogen and oxygen atoms in total. The molecule has 35 heavy (non-hydrogen) atoms. The minimum absolute atomic E-state index is 0.0934. The lowest BCUT2D eigenvalue weighted by atomic mass is 9.82. The monoisotopic (exact) mass is 475 g/mol. The number of likely N-dealkylation sites (tertiary alicyclic amines) is 1. The van der Waals surface area contributed by atoms with Gasteiger partial charge in [0.1, 0.15) is 11.5 Å². The van der Waals surface area contributed by atoms with Gasteiger partial charge in [-0.1, -0.05) is 30.3 Å². The predicted molar refractivity (Wildman–Crippen MR) is 126 cm³/mol. The Labute approximate surface area is 202 Å². The molecule has 3 atom stereocenters. The summed E-state index contributed by atoms with van der Waals surface area (Å²) < 4.78 is 21.5. The zero-order valence-corrected chi connectivity index (χ0v) is 19.3. The number of rotatable bonds is 7. The molecule has 3 aromatic carbocycles. The number of carboxylic acids is 1. The Morgan fingerprint density at radius 1 is 0.943 bits per heavy atom. The van der Waals surface area contributed by atoms with Gasteiger partial charge in [0.05, 0.1) is 32.1 Å². The van der Waals surface area contributed by atoms with Crippen LogP contribution in [0.25, 0.3) is 0 Å². The fourth-order valence-electron chi connectivity index (χ4n) is 4.91. The summed E-state index contributed by atoms with van der Waals surface area (Å²) in [5.41, 5.74) is 2.14. The van der Waals surface area contributed by atoms with Crippen LogP contribution >= 0.6 is 0 Å². The number of amides is 1. The van der Waals surface area contributed by atoms with Crippen LogP contribution in [-0.2, 0) is 16.1 Å². The van der Waals surface area contributed by atoms with Gasteiger partial charge in [-0.2, -0.15) is 0 Å². The van der Waals surface area contributed by atoms with Gasteiger partial charge in [-0.3, -0.25) is 9.59 Å². The molecule has 1 saturated heterocycles. The van der Waals surface area contributed by atoms with Gasteiger partial charge in [0.2, 0.25) is 12.7 Å². The van der Waals surface area contributed by atoms with Crippen molar-refractivity contribution in [3.63, 3.8) is 0 Å². The molecule has 0 aliphatic carbocycles. The van der Waals surface area contributed by atoms with Gasteiger partial charge < -0.3 is 29.0 Å². The summed E-state index contributed by atoms with van der Waals surface area (Å²) in [6.07, 6.45) is 0. The lowest BCUT2D eigenvalue weighted by molar-refractivity contribution is -0.143. The molecular formula is C27H25NO7. The topological polar surface area (TPSA) is 94.5 Å². The van der Waals surface area contributed by atoms with E-state index in [1.807, 2.05) is 36.4 Å². The van der Waals surface area contributed by atoms with E-state index in [9.17, 15) is 14.7 Å². The molecule has 0 aromatic heterocycles. The Morgan fingerprint density at radius 2 is 1.66 bits per heavy atom. The predicted octanol–water partition coefficient (Wildman–Crippen LogP) is 4.00. The van der Waals surface area contributed by atoms with Crippen molar-refractivity contribution in [2.45, 2.75) is 18.5 Å². The Bertz CT molecular complexity index is 1260. The normalized spacial score (nSPS) is 20.7. The van der Waals surface area contributed by atoms with E-state index in [2.05, 4.69) is 0 Å². The van der Waals surface area contributed by atoms with Gasteiger partial charge in [0, 0.05) is 6.54 Å². The summed E-state index contributed by atoms with van der Waals surface area (Å²) in [6.45, 7) is 0.327. The summed E-state index contributed by atoms with van der Waals surface area (Å²) >= 11 is 0. The first-order valence-electron chi connectivity index (χ1n) is 11.2. The molecule has 1 fully saturated rings. The van der Waals surface area contributed by atoms with Crippen molar-refractivity contribution in [3.05, 3.63) is 83.4 Å². The van der Waals surface area contributed by atoms with E-state index in [4.69, 9.17) is 18.9 Å². The number of carbonyl (C=O) groups is 2. The summed E-state index contributed by atoms with van der Waals surface area (Å²) in [4.78, 5) is 28.3. The van der Waals surface area contributed by atoms with Crippen molar-refractivity contribution in [2.75, 3.05) is 21.0 Å². The van der Waals surface area contributed by atoms with Crippen molar-refractivity contribution >= 4 is 11.9 Å². The first-order valence-corrected chi connectivity index (χ1v) is 11.2. The maximum Gasteiger partial charge on any atom is 0.310 e. The van der Waals surface area contributed by atoms with Crippen molar-refractivity contribution < 1.29 is 33.6 Å². The molecule has 5 rings (SSSR count). The zero-order valence-electron chi connectivity index (χ0n) is 19.3. The molecule has 1 unspecified atom stereocenters. The molecule has 0 saturated carbocycles. The molecule has 180 valence electrons. The van der Waals surface area contributed by atoms with Gasteiger partial charge in [0.25, 0.3) is 0 Å². The van der Waals surface area contributed by atoms with Crippen LogP contribution in [0.5, 0.6) is 23.0 Å². The highest BCUT2D eigenvalue weighted by Gasteiger charge is 2.53. The van der Waals surface area contributed by atoms with E-state index in [-0.39, 0.29) is 19.2 Å². The molecule has 0 bridgehead atoms. The first-order chi connectivity index (χ1) is 17.0. The lowest BCUT2D eigenvalue weighted by Gasteiger charge is -2.27. The van der Waals surface area contributed by atoms with E-state index in [1.54, 1.807) is 49.5 Å². The molecule has 1 amide bonds. The Hall–Kier alpha value is -4.20. The zero-order chi connectivity index (χ0) is 24.5. The summed E-state index contributed by atoms with van der Waals surface area (Å²) in [7, 11) is 3.15. The molecule has 2 heterocycles. The molecule has 0 radical (unpaired) electrons. The quantitative estimate of drug-likeness (QED) is 0.552. The highest BCUT2D eigenvalue weighted by molar-refractivity contribution is 5.94. The largest absolute Gasteiger partial charge is 0.497 e. The first kappa shape index (κ1) is 22.6. The van der Waals surface area contributed by atoms with Crippen molar-refractivity contribution in [1.82, 2.24) is 4.90 Å². The highest BCUT2D eigenvalue weighted by Crippen LogP contribution is 2.49. The van der Waals surface area contributed by atoms with Crippen LogP contribution in [0.15, 0.2) is 66.7 Å². The molecule has 3 aromatic rings. The fourth-order valence-corrected chi connectivity index (χ4v) is 4.91. The Balaban J connectivity index is 1.60. The van der Waals surface area contributed by atoms with Crippen molar-refractivity contribution in [2.24, 2.45) is 5.92 Å².